The normalized spacial score (nSPS) is 10.2. The van der Waals surface area contributed by atoms with Gasteiger partial charge in [-0.05, 0) is 6.92 Å². The molecule has 3 nitrogen and oxygen atoms in total. The van der Waals surface area contributed by atoms with Gasteiger partial charge in [-0.2, -0.15) is 0 Å². The van der Waals surface area contributed by atoms with Crippen molar-refractivity contribution in [2.45, 2.75) is 13.3 Å². The van der Waals surface area contributed by atoms with E-state index in [0.29, 0.717) is 0 Å². The first-order chi connectivity index (χ1) is 4.16. The second-order valence-electron chi connectivity index (χ2n) is 1.88. The molecule has 0 atom stereocenters. The summed E-state index contributed by atoms with van der Waals surface area (Å²) >= 11 is 0. The van der Waals surface area contributed by atoms with Gasteiger partial charge in [0, 0.05) is 13.5 Å². The lowest BCUT2D eigenvalue weighted by Crippen LogP contribution is -2.09. The fourth-order valence-corrected chi connectivity index (χ4v) is 0.497. The molecule has 3 heteroatoms. The van der Waals surface area contributed by atoms with Gasteiger partial charge >= 0.3 is 0 Å². The molecule has 0 aromatic carbocycles. The monoisotopic (exact) mass is 131 g/mol. The van der Waals surface area contributed by atoms with Crippen molar-refractivity contribution in [3.05, 3.63) is 6.10 Å². The first-order valence-electron chi connectivity index (χ1n) is 2.69. The highest BCUT2D eigenvalue weighted by Gasteiger charge is 2.04. The van der Waals surface area contributed by atoms with Crippen molar-refractivity contribution in [3.8, 4) is 0 Å². The second kappa shape index (κ2) is 4.47. The number of hydrogen-bond acceptors (Lipinski definition) is 3. The van der Waals surface area contributed by atoms with Crippen LogP contribution in [0.1, 0.15) is 13.3 Å². The second-order valence-corrected chi connectivity index (χ2v) is 1.88. The summed E-state index contributed by atoms with van der Waals surface area (Å²) in [4.78, 5) is 10.5. The maximum absolute atomic E-state index is 10.5. The van der Waals surface area contributed by atoms with E-state index in [1.165, 1.54) is 14.0 Å². The molecule has 0 aliphatic rings. The van der Waals surface area contributed by atoms with Crippen LogP contribution in [-0.2, 0) is 9.53 Å². The standard InChI is InChI=1S/C6H11O3/c1-5(7)3-6(8)4-9-2/h7H,3-4H2,1-2H3. The Kier molecular flexibility index (Phi) is 4.26. The van der Waals surface area contributed by atoms with Gasteiger partial charge in [0.25, 0.3) is 0 Å². The Hall–Kier alpha value is -0.410. The van der Waals surface area contributed by atoms with E-state index in [-0.39, 0.29) is 24.9 Å². The molecule has 0 rings (SSSR count). The molecular formula is C6H11O3. The number of ketones is 1. The molecule has 0 heterocycles. The molecule has 53 valence electrons. The molecule has 9 heavy (non-hydrogen) atoms. The molecular weight excluding hydrogens is 120 g/mol. The molecule has 0 amide bonds. The summed E-state index contributed by atoms with van der Waals surface area (Å²) in [5.41, 5.74) is 0. The predicted octanol–water partition coefficient (Wildman–Crippen LogP) is 0.516. The Morgan fingerprint density at radius 3 is 2.56 bits per heavy atom. The number of Topliss-reactive ketones (excluding diaryl/α,β-unsaturated/α-hetero) is 1. The molecule has 0 aliphatic heterocycles. The van der Waals surface area contributed by atoms with E-state index in [2.05, 4.69) is 4.74 Å². The molecule has 0 aromatic rings. The molecule has 0 bridgehead atoms. The highest BCUT2D eigenvalue weighted by Crippen LogP contribution is 1.98. The van der Waals surface area contributed by atoms with Crippen LogP contribution < -0.4 is 0 Å². The summed E-state index contributed by atoms with van der Waals surface area (Å²) in [6.45, 7) is 1.57. The first-order valence-corrected chi connectivity index (χ1v) is 2.69. The van der Waals surface area contributed by atoms with Crippen molar-refractivity contribution < 1.29 is 14.6 Å². The van der Waals surface area contributed by atoms with Gasteiger partial charge < -0.3 is 9.84 Å². The molecule has 0 saturated heterocycles. The lowest BCUT2D eigenvalue weighted by atomic mass is 10.2. The van der Waals surface area contributed by atoms with Gasteiger partial charge in [0.1, 0.15) is 6.61 Å². The number of carbonyl (C=O) groups excluding carboxylic acids is 1. The van der Waals surface area contributed by atoms with Crippen LogP contribution in [0.3, 0.4) is 0 Å². The smallest absolute Gasteiger partial charge is 0.161 e. The molecule has 0 aliphatic carbocycles. The average molecular weight is 131 g/mol. The van der Waals surface area contributed by atoms with Crippen molar-refractivity contribution in [1.29, 1.82) is 0 Å². The number of aliphatic hydroxyl groups excluding tert-OH is 1. The summed E-state index contributed by atoms with van der Waals surface area (Å²) in [5.74, 6) is -0.0995. The molecule has 1 radical (unpaired) electrons. The van der Waals surface area contributed by atoms with E-state index in [0.717, 1.165) is 0 Å². The number of rotatable bonds is 4. The van der Waals surface area contributed by atoms with Gasteiger partial charge in [-0.1, -0.05) is 0 Å². The van der Waals surface area contributed by atoms with Gasteiger partial charge in [-0.3, -0.25) is 4.79 Å². The summed E-state index contributed by atoms with van der Waals surface area (Å²) in [5, 5.41) is 8.59. The zero-order chi connectivity index (χ0) is 7.28. The molecule has 1 N–H and O–H groups in total. The third-order valence-corrected chi connectivity index (χ3v) is 0.758. The predicted molar refractivity (Wildman–Crippen MR) is 32.4 cm³/mol. The number of hydrogen-bond donors (Lipinski definition) is 1. The molecule has 0 saturated carbocycles. The van der Waals surface area contributed by atoms with E-state index >= 15 is 0 Å². The highest BCUT2D eigenvalue weighted by atomic mass is 16.5. The zero-order valence-electron chi connectivity index (χ0n) is 5.68. The van der Waals surface area contributed by atoms with Crippen LogP contribution in [0.2, 0.25) is 0 Å². The van der Waals surface area contributed by atoms with E-state index in [1.807, 2.05) is 0 Å². The van der Waals surface area contributed by atoms with E-state index < -0.39 is 0 Å². The SMILES string of the molecule is COCC(=O)C[C](C)O. The van der Waals surface area contributed by atoms with Crippen LogP contribution in [0.4, 0.5) is 0 Å². The minimum Gasteiger partial charge on any atom is -0.387 e. The van der Waals surface area contributed by atoms with Gasteiger partial charge in [0.05, 0.1) is 6.10 Å². The Bertz CT molecular complexity index is 88.3. The van der Waals surface area contributed by atoms with Crippen molar-refractivity contribution >= 4 is 5.78 Å². The maximum Gasteiger partial charge on any atom is 0.161 e. The summed E-state index contributed by atoms with van der Waals surface area (Å²) in [7, 11) is 1.45. The minimum absolute atomic E-state index is 0.0812. The third-order valence-electron chi connectivity index (χ3n) is 0.758. The fourth-order valence-electron chi connectivity index (χ4n) is 0.497. The molecule has 0 fully saturated rings. The Labute approximate surface area is 54.6 Å². The topological polar surface area (TPSA) is 46.5 Å². The van der Waals surface area contributed by atoms with E-state index in [9.17, 15) is 4.79 Å². The van der Waals surface area contributed by atoms with Crippen LogP contribution in [0, 0.1) is 6.10 Å². The summed E-state index contributed by atoms with van der Waals surface area (Å²) in [6, 6.07) is 0. The quantitative estimate of drug-likeness (QED) is 0.604. The number of methoxy groups -OCH3 is 1. The van der Waals surface area contributed by atoms with Gasteiger partial charge in [-0.25, -0.2) is 0 Å². The van der Waals surface area contributed by atoms with Crippen LogP contribution in [0.5, 0.6) is 0 Å². The van der Waals surface area contributed by atoms with E-state index in [1.54, 1.807) is 0 Å². The maximum atomic E-state index is 10.5. The lowest BCUT2D eigenvalue weighted by molar-refractivity contribution is -0.123. The average Bonchev–Trinajstić information content (AvgIpc) is 1.63. The van der Waals surface area contributed by atoms with E-state index in [4.69, 9.17) is 5.11 Å². The summed E-state index contributed by atoms with van der Waals surface area (Å²) < 4.78 is 4.53. The van der Waals surface area contributed by atoms with Gasteiger partial charge in [0.2, 0.25) is 0 Å². The zero-order valence-corrected chi connectivity index (χ0v) is 5.68. The molecule has 0 aromatic heterocycles. The van der Waals surface area contributed by atoms with Gasteiger partial charge in [-0.15, -0.1) is 0 Å². The Morgan fingerprint density at radius 1 is 1.67 bits per heavy atom. The molecule has 0 spiro atoms. The van der Waals surface area contributed by atoms with Crippen LogP contribution >= 0.6 is 0 Å². The van der Waals surface area contributed by atoms with Crippen molar-refractivity contribution in [3.63, 3.8) is 0 Å². The number of aliphatic hydroxyl groups is 1. The fraction of sp³-hybridized carbons (Fsp3) is 0.667. The van der Waals surface area contributed by atoms with Gasteiger partial charge in [0.15, 0.2) is 5.78 Å². The van der Waals surface area contributed by atoms with Crippen molar-refractivity contribution in [2.24, 2.45) is 0 Å². The number of carbonyl (C=O) groups is 1. The lowest BCUT2D eigenvalue weighted by Gasteiger charge is -1.99. The molecule has 0 unspecified atom stereocenters. The third kappa shape index (κ3) is 5.46. The highest BCUT2D eigenvalue weighted by molar-refractivity contribution is 5.80. The summed E-state index contributed by atoms with van der Waals surface area (Å²) in [6.07, 6.45) is 0.241. The Morgan fingerprint density at radius 2 is 2.22 bits per heavy atom. The largest absolute Gasteiger partial charge is 0.387 e. The first kappa shape index (κ1) is 8.59. The minimum atomic E-state index is -0.0995. The Balaban J connectivity index is 3.27. The van der Waals surface area contributed by atoms with Crippen molar-refractivity contribution in [1.82, 2.24) is 0 Å². The van der Waals surface area contributed by atoms with Crippen LogP contribution in [0.25, 0.3) is 0 Å². The van der Waals surface area contributed by atoms with Crippen LogP contribution in [-0.4, -0.2) is 24.6 Å². The number of ether oxygens (including phenoxy) is 1. The van der Waals surface area contributed by atoms with Crippen LogP contribution in [0.15, 0.2) is 0 Å². The van der Waals surface area contributed by atoms with Crippen molar-refractivity contribution in [2.75, 3.05) is 13.7 Å².